The quantitative estimate of drug-likeness (QED) is 0.790. The van der Waals surface area contributed by atoms with Gasteiger partial charge in [0.25, 0.3) is 5.91 Å². The standard InChI is InChI=1S/C13H23N3O3S/c1-5-20(18,19)8-10(4)14-13(17)12-7-11(15-16-12)6-9(2)3/h7,9-10H,5-6,8H2,1-4H3,(H,14,17)(H,15,16). The second kappa shape index (κ2) is 6.88. The van der Waals surface area contributed by atoms with Crippen LogP contribution in [-0.4, -0.2) is 42.1 Å². The highest BCUT2D eigenvalue weighted by Crippen LogP contribution is 2.07. The number of carbonyl (C=O) groups is 1. The summed E-state index contributed by atoms with van der Waals surface area (Å²) in [4.78, 5) is 11.9. The summed E-state index contributed by atoms with van der Waals surface area (Å²) in [6.07, 6.45) is 0.819. The lowest BCUT2D eigenvalue weighted by Gasteiger charge is -2.12. The summed E-state index contributed by atoms with van der Waals surface area (Å²) in [7, 11) is -3.10. The van der Waals surface area contributed by atoms with E-state index < -0.39 is 15.9 Å². The Morgan fingerprint density at radius 3 is 2.60 bits per heavy atom. The molecule has 2 N–H and O–H groups in total. The van der Waals surface area contributed by atoms with Crippen LogP contribution in [0.5, 0.6) is 0 Å². The molecule has 0 aliphatic carbocycles. The summed E-state index contributed by atoms with van der Waals surface area (Å²) < 4.78 is 23.0. The maximum absolute atomic E-state index is 11.9. The fourth-order valence-electron chi connectivity index (χ4n) is 1.86. The molecular formula is C13H23N3O3S. The van der Waals surface area contributed by atoms with Crippen molar-refractivity contribution in [2.24, 2.45) is 5.92 Å². The van der Waals surface area contributed by atoms with Gasteiger partial charge >= 0.3 is 0 Å². The Balaban J connectivity index is 2.60. The van der Waals surface area contributed by atoms with Crippen molar-refractivity contribution in [1.29, 1.82) is 0 Å². The van der Waals surface area contributed by atoms with Gasteiger partial charge in [-0.25, -0.2) is 8.42 Å². The molecule has 1 heterocycles. The maximum Gasteiger partial charge on any atom is 0.272 e. The molecule has 0 aliphatic heterocycles. The Morgan fingerprint density at radius 2 is 2.05 bits per heavy atom. The largest absolute Gasteiger partial charge is 0.347 e. The Bertz CT molecular complexity index is 549. The molecule has 0 aliphatic rings. The molecule has 0 saturated heterocycles. The minimum atomic E-state index is -3.10. The van der Waals surface area contributed by atoms with Gasteiger partial charge in [-0.2, -0.15) is 5.10 Å². The predicted octanol–water partition coefficient (Wildman–Crippen LogP) is 1.16. The molecule has 0 spiro atoms. The van der Waals surface area contributed by atoms with E-state index >= 15 is 0 Å². The lowest BCUT2D eigenvalue weighted by Crippen LogP contribution is -2.38. The van der Waals surface area contributed by atoms with E-state index in [-0.39, 0.29) is 17.4 Å². The molecule has 0 radical (unpaired) electrons. The number of nitrogens with zero attached hydrogens (tertiary/aromatic N) is 1. The van der Waals surface area contributed by atoms with E-state index in [9.17, 15) is 13.2 Å². The lowest BCUT2D eigenvalue weighted by molar-refractivity contribution is 0.0938. The molecule has 1 unspecified atom stereocenters. The minimum absolute atomic E-state index is 0.0570. The number of hydrogen-bond donors (Lipinski definition) is 2. The Morgan fingerprint density at radius 1 is 1.40 bits per heavy atom. The average Bonchev–Trinajstić information content (AvgIpc) is 2.75. The zero-order valence-electron chi connectivity index (χ0n) is 12.4. The summed E-state index contributed by atoms with van der Waals surface area (Å²) in [5, 5.41) is 9.43. The molecular weight excluding hydrogens is 278 g/mol. The van der Waals surface area contributed by atoms with Crippen molar-refractivity contribution in [3.05, 3.63) is 17.5 Å². The minimum Gasteiger partial charge on any atom is -0.347 e. The highest BCUT2D eigenvalue weighted by atomic mass is 32.2. The van der Waals surface area contributed by atoms with Gasteiger partial charge in [-0.3, -0.25) is 9.89 Å². The molecule has 0 fully saturated rings. The van der Waals surface area contributed by atoms with Crippen LogP contribution >= 0.6 is 0 Å². The summed E-state index contributed by atoms with van der Waals surface area (Å²) in [6, 6.07) is 1.27. The molecule has 1 aromatic heterocycles. The van der Waals surface area contributed by atoms with Gasteiger partial charge in [-0.05, 0) is 25.3 Å². The fraction of sp³-hybridized carbons (Fsp3) is 0.692. The number of aromatic amines is 1. The highest BCUT2D eigenvalue weighted by molar-refractivity contribution is 7.91. The third kappa shape index (κ3) is 5.32. The average molecular weight is 301 g/mol. The zero-order valence-corrected chi connectivity index (χ0v) is 13.3. The molecule has 114 valence electrons. The van der Waals surface area contributed by atoms with Crippen LogP contribution in [0.4, 0.5) is 0 Å². The number of sulfone groups is 1. The van der Waals surface area contributed by atoms with E-state index in [1.54, 1.807) is 19.9 Å². The van der Waals surface area contributed by atoms with Crippen molar-refractivity contribution in [2.45, 2.75) is 40.2 Å². The maximum atomic E-state index is 11.9. The first-order valence-electron chi connectivity index (χ1n) is 6.79. The van der Waals surface area contributed by atoms with Gasteiger partial charge in [0.2, 0.25) is 0 Å². The molecule has 7 heteroatoms. The first-order chi connectivity index (χ1) is 9.23. The second-order valence-corrected chi connectivity index (χ2v) is 7.85. The van der Waals surface area contributed by atoms with Crippen LogP contribution < -0.4 is 5.32 Å². The van der Waals surface area contributed by atoms with Gasteiger partial charge in [-0.15, -0.1) is 0 Å². The van der Waals surface area contributed by atoms with Crippen molar-refractivity contribution < 1.29 is 13.2 Å². The van der Waals surface area contributed by atoms with Gasteiger partial charge in [0.05, 0.1) is 5.75 Å². The number of amides is 1. The predicted molar refractivity (Wildman–Crippen MR) is 78.4 cm³/mol. The first-order valence-corrected chi connectivity index (χ1v) is 8.61. The highest BCUT2D eigenvalue weighted by Gasteiger charge is 2.18. The lowest BCUT2D eigenvalue weighted by atomic mass is 10.1. The van der Waals surface area contributed by atoms with Gasteiger partial charge < -0.3 is 5.32 Å². The molecule has 1 aromatic rings. The second-order valence-electron chi connectivity index (χ2n) is 5.45. The van der Waals surface area contributed by atoms with Crippen molar-refractivity contribution in [2.75, 3.05) is 11.5 Å². The van der Waals surface area contributed by atoms with Gasteiger partial charge in [0, 0.05) is 17.5 Å². The normalized spacial score (nSPS) is 13.4. The van der Waals surface area contributed by atoms with Crippen LogP contribution in [0, 0.1) is 5.92 Å². The van der Waals surface area contributed by atoms with Crippen LogP contribution in [0.2, 0.25) is 0 Å². The Hall–Kier alpha value is -1.37. The topological polar surface area (TPSA) is 91.9 Å². The van der Waals surface area contributed by atoms with Crippen LogP contribution in [0.1, 0.15) is 43.9 Å². The smallest absolute Gasteiger partial charge is 0.272 e. The van der Waals surface area contributed by atoms with E-state index in [4.69, 9.17) is 0 Å². The number of H-pyrrole nitrogens is 1. The number of rotatable bonds is 7. The molecule has 0 bridgehead atoms. The number of hydrogen-bond acceptors (Lipinski definition) is 4. The molecule has 1 atom stereocenters. The van der Waals surface area contributed by atoms with E-state index in [1.165, 1.54) is 0 Å². The summed E-state index contributed by atoms with van der Waals surface area (Å²) in [5.74, 6) is 0.141. The van der Waals surface area contributed by atoms with E-state index in [2.05, 4.69) is 29.4 Å². The Labute approximate surface area is 120 Å². The van der Waals surface area contributed by atoms with Gasteiger partial charge in [0.1, 0.15) is 5.69 Å². The Kier molecular flexibility index (Phi) is 5.74. The van der Waals surface area contributed by atoms with Gasteiger partial charge in [-0.1, -0.05) is 20.8 Å². The summed E-state index contributed by atoms with van der Waals surface area (Å²) in [6.45, 7) is 7.43. The van der Waals surface area contributed by atoms with Crippen molar-refractivity contribution in [3.8, 4) is 0 Å². The van der Waals surface area contributed by atoms with Crippen molar-refractivity contribution >= 4 is 15.7 Å². The number of aromatic nitrogens is 2. The molecule has 1 rings (SSSR count). The molecule has 1 amide bonds. The molecule has 0 aromatic carbocycles. The monoisotopic (exact) mass is 301 g/mol. The van der Waals surface area contributed by atoms with Gasteiger partial charge in [0.15, 0.2) is 9.84 Å². The van der Waals surface area contributed by atoms with Crippen LogP contribution in [0.15, 0.2) is 6.07 Å². The molecule has 20 heavy (non-hydrogen) atoms. The van der Waals surface area contributed by atoms with E-state index in [0.29, 0.717) is 11.6 Å². The summed E-state index contributed by atoms with van der Waals surface area (Å²) >= 11 is 0. The first kappa shape index (κ1) is 16.7. The van der Waals surface area contributed by atoms with Crippen LogP contribution in [0.3, 0.4) is 0 Å². The van der Waals surface area contributed by atoms with Crippen LogP contribution in [-0.2, 0) is 16.3 Å². The molecule has 0 saturated carbocycles. The molecule has 6 nitrogen and oxygen atoms in total. The van der Waals surface area contributed by atoms with E-state index in [1.807, 2.05) is 0 Å². The summed E-state index contributed by atoms with van der Waals surface area (Å²) in [5.41, 5.74) is 1.19. The zero-order chi connectivity index (χ0) is 15.3. The van der Waals surface area contributed by atoms with Crippen molar-refractivity contribution in [1.82, 2.24) is 15.5 Å². The number of carbonyl (C=O) groups excluding carboxylic acids is 1. The van der Waals surface area contributed by atoms with Crippen LogP contribution in [0.25, 0.3) is 0 Å². The van der Waals surface area contributed by atoms with E-state index in [0.717, 1.165) is 12.1 Å². The van der Waals surface area contributed by atoms with Crippen molar-refractivity contribution in [3.63, 3.8) is 0 Å². The SMILES string of the molecule is CCS(=O)(=O)CC(C)NC(=O)c1cc(CC(C)C)[nH]n1. The fourth-order valence-corrected chi connectivity index (χ4v) is 2.94. The third-order valence-electron chi connectivity index (χ3n) is 2.81. The number of nitrogens with one attached hydrogen (secondary N) is 2. The third-order valence-corrected chi connectivity index (χ3v) is 4.70.